The molecule has 0 bridgehead atoms. The number of unbranched alkanes of at least 4 members (excludes halogenated alkanes) is 43. The molecule has 0 aromatic carbocycles. The van der Waals surface area contributed by atoms with E-state index in [1.165, 1.54) is 250 Å². The van der Waals surface area contributed by atoms with E-state index in [1.54, 1.807) is 0 Å². The average molecular weight is 1030 g/mol. The molecule has 0 aliphatic rings. The van der Waals surface area contributed by atoms with Crippen LogP contribution in [0.4, 0.5) is 0 Å². The molecule has 6 nitrogen and oxygen atoms in total. The van der Waals surface area contributed by atoms with Gasteiger partial charge in [-0.1, -0.05) is 295 Å². The van der Waals surface area contributed by atoms with Gasteiger partial charge in [-0.05, 0) is 77.0 Å². The van der Waals surface area contributed by atoms with Crippen LogP contribution in [-0.4, -0.2) is 37.2 Å². The Morgan fingerprint density at radius 1 is 0.274 bits per heavy atom. The van der Waals surface area contributed by atoms with Gasteiger partial charge in [-0.3, -0.25) is 14.4 Å². The Kier molecular flexibility index (Phi) is 60.2. The Morgan fingerprint density at radius 2 is 0.493 bits per heavy atom. The van der Waals surface area contributed by atoms with Crippen LogP contribution in [0.5, 0.6) is 0 Å². The zero-order chi connectivity index (χ0) is 52.9. The van der Waals surface area contributed by atoms with Gasteiger partial charge < -0.3 is 14.2 Å². The van der Waals surface area contributed by atoms with Crippen molar-refractivity contribution in [3.63, 3.8) is 0 Å². The molecule has 6 heteroatoms. The highest BCUT2D eigenvalue weighted by Crippen LogP contribution is 2.18. The van der Waals surface area contributed by atoms with Gasteiger partial charge in [-0.2, -0.15) is 0 Å². The third kappa shape index (κ3) is 60.4. The topological polar surface area (TPSA) is 78.9 Å². The molecule has 0 aliphatic heterocycles. The summed E-state index contributed by atoms with van der Waals surface area (Å²) in [5.41, 5.74) is 0. The number of rotatable bonds is 60. The van der Waals surface area contributed by atoms with E-state index in [-0.39, 0.29) is 31.1 Å². The minimum Gasteiger partial charge on any atom is -0.462 e. The summed E-state index contributed by atoms with van der Waals surface area (Å²) in [7, 11) is 0. The van der Waals surface area contributed by atoms with Crippen LogP contribution in [0.1, 0.15) is 355 Å². The number of carbonyl (C=O) groups is 3. The summed E-state index contributed by atoms with van der Waals surface area (Å²) in [4.78, 5) is 38.3. The van der Waals surface area contributed by atoms with Crippen LogP contribution in [0.15, 0.2) is 36.5 Å². The number of hydrogen-bond acceptors (Lipinski definition) is 6. The van der Waals surface area contributed by atoms with Gasteiger partial charge in [0.25, 0.3) is 0 Å². The van der Waals surface area contributed by atoms with Gasteiger partial charge >= 0.3 is 17.9 Å². The summed E-state index contributed by atoms with van der Waals surface area (Å²) in [6.45, 7) is 6.66. The second kappa shape index (κ2) is 62.2. The van der Waals surface area contributed by atoms with E-state index < -0.39 is 6.10 Å². The molecular formula is C67H124O6. The predicted octanol–water partition coefficient (Wildman–Crippen LogP) is 22.0. The second-order valence-corrected chi connectivity index (χ2v) is 22.0. The molecule has 0 radical (unpaired) electrons. The lowest BCUT2D eigenvalue weighted by atomic mass is 10.0. The third-order valence-corrected chi connectivity index (χ3v) is 14.6. The Morgan fingerprint density at radius 3 is 0.808 bits per heavy atom. The zero-order valence-electron chi connectivity index (χ0n) is 49.2. The molecule has 0 rings (SSSR count). The molecular weight excluding hydrogens is 901 g/mol. The summed E-state index contributed by atoms with van der Waals surface area (Å²) in [5, 5.41) is 0. The summed E-state index contributed by atoms with van der Waals surface area (Å²) in [6.07, 6.45) is 75.7. The van der Waals surface area contributed by atoms with E-state index in [0.29, 0.717) is 19.3 Å². The molecule has 0 saturated carbocycles. The lowest BCUT2D eigenvalue weighted by Crippen LogP contribution is -2.30. The van der Waals surface area contributed by atoms with Crippen LogP contribution in [-0.2, 0) is 28.6 Å². The van der Waals surface area contributed by atoms with E-state index in [1.807, 2.05) is 0 Å². The van der Waals surface area contributed by atoms with Gasteiger partial charge in [-0.25, -0.2) is 0 Å². The van der Waals surface area contributed by atoms with Crippen molar-refractivity contribution in [1.82, 2.24) is 0 Å². The third-order valence-electron chi connectivity index (χ3n) is 14.6. The number of allylic oxidation sites excluding steroid dienone is 6. The van der Waals surface area contributed by atoms with Crippen molar-refractivity contribution in [3.05, 3.63) is 36.5 Å². The molecule has 0 aromatic rings. The Bertz CT molecular complexity index is 1220. The predicted molar refractivity (Wildman–Crippen MR) is 316 cm³/mol. The highest BCUT2D eigenvalue weighted by Gasteiger charge is 2.19. The van der Waals surface area contributed by atoms with Crippen molar-refractivity contribution in [2.24, 2.45) is 0 Å². The average Bonchev–Trinajstić information content (AvgIpc) is 3.39. The maximum Gasteiger partial charge on any atom is 0.306 e. The molecule has 73 heavy (non-hydrogen) atoms. The standard InChI is InChI=1S/C67H124O6/c1-4-7-10-13-16-19-22-25-28-30-32-33-35-37-40-42-45-48-51-54-57-60-66(69)72-63-64(73-67(70)61-58-55-52-49-46-43-38-27-24-21-18-15-12-9-6-3)62-71-65(68)59-56-53-50-47-44-41-39-36-34-31-29-26-23-20-17-14-11-8-5-2/h17,20-21,24,26,29,64H,4-16,18-19,22-23,25,27-28,30-63H2,1-3H3/b20-17-,24-21-,29-26-/t64-/m1/s1. The molecule has 1 atom stereocenters. The number of ether oxygens (including phenoxy) is 3. The van der Waals surface area contributed by atoms with Crippen molar-refractivity contribution in [1.29, 1.82) is 0 Å². The fraction of sp³-hybridized carbons (Fsp3) is 0.866. The maximum absolute atomic E-state index is 12.9. The van der Waals surface area contributed by atoms with E-state index >= 15 is 0 Å². The van der Waals surface area contributed by atoms with Gasteiger partial charge in [-0.15, -0.1) is 0 Å². The summed E-state index contributed by atoms with van der Waals surface area (Å²) >= 11 is 0. The molecule has 0 N–H and O–H groups in total. The highest BCUT2D eigenvalue weighted by molar-refractivity contribution is 5.71. The van der Waals surface area contributed by atoms with Crippen LogP contribution in [0.2, 0.25) is 0 Å². The largest absolute Gasteiger partial charge is 0.462 e. The molecule has 0 fully saturated rings. The monoisotopic (exact) mass is 1020 g/mol. The van der Waals surface area contributed by atoms with Crippen molar-refractivity contribution in [2.45, 2.75) is 361 Å². The van der Waals surface area contributed by atoms with Crippen LogP contribution in [0.25, 0.3) is 0 Å². The minimum atomic E-state index is -0.774. The molecule has 0 spiro atoms. The van der Waals surface area contributed by atoms with Crippen molar-refractivity contribution in [3.8, 4) is 0 Å². The van der Waals surface area contributed by atoms with Crippen molar-refractivity contribution in [2.75, 3.05) is 13.2 Å². The minimum absolute atomic E-state index is 0.0707. The highest BCUT2D eigenvalue weighted by atomic mass is 16.6. The SMILES string of the molecule is CCCCC/C=C\C/C=C\CCCCCCCCCCCC(=O)OC[C@H](COC(=O)CCCCCCCCCCCCCCCCCCCCCCC)OC(=O)CCCCCCCCC/C=C\CCCCCC. The van der Waals surface area contributed by atoms with Crippen molar-refractivity contribution >= 4 is 17.9 Å². The zero-order valence-corrected chi connectivity index (χ0v) is 49.2. The molecule has 0 aromatic heterocycles. The smallest absolute Gasteiger partial charge is 0.306 e. The first-order chi connectivity index (χ1) is 36.0. The van der Waals surface area contributed by atoms with E-state index in [2.05, 4.69) is 57.2 Å². The normalized spacial score (nSPS) is 12.2. The maximum atomic E-state index is 12.9. The fourth-order valence-electron chi connectivity index (χ4n) is 9.71. The van der Waals surface area contributed by atoms with Crippen LogP contribution in [0.3, 0.4) is 0 Å². The number of esters is 3. The van der Waals surface area contributed by atoms with E-state index in [9.17, 15) is 14.4 Å². The van der Waals surface area contributed by atoms with E-state index in [4.69, 9.17) is 14.2 Å². The quantitative estimate of drug-likeness (QED) is 0.0261. The molecule has 0 saturated heterocycles. The Balaban J connectivity index is 4.30. The van der Waals surface area contributed by atoms with Crippen LogP contribution < -0.4 is 0 Å². The first-order valence-corrected chi connectivity index (χ1v) is 32.5. The second-order valence-electron chi connectivity index (χ2n) is 22.0. The molecule has 428 valence electrons. The van der Waals surface area contributed by atoms with Crippen LogP contribution >= 0.6 is 0 Å². The molecule has 0 aliphatic carbocycles. The van der Waals surface area contributed by atoms with Crippen LogP contribution in [0, 0.1) is 0 Å². The first-order valence-electron chi connectivity index (χ1n) is 32.5. The van der Waals surface area contributed by atoms with Gasteiger partial charge in [0.2, 0.25) is 0 Å². The molecule has 0 heterocycles. The van der Waals surface area contributed by atoms with E-state index in [0.717, 1.165) is 64.2 Å². The summed E-state index contributed by atoms with van der Waals surface area (Å²) in [6, 6.07) is 0. The Hall–Kier alpha value is -2.37. The number of hydrogen-bond donors (Lipinski definition) is 0. The van der Waals surface area contributed by atoms with Gasteiger partial charge in [0.1, 0.15) is 13.2 Å². The Labute approximate surface area is 455 Å². The van der Waals surface area contributed by atoms with Crippen molar-refractivity contribution < 1.29 is 28.6 Å². The first kappa shape index (κ1) is 70.6. The molecule has 0 amide bonds. The summed E-state index contributed by atoms with van der Waals surface area (Å²) < 4.78 is 17.0. The fourth-order valence-corrected chi connectivity index (χ4v) is 9.71. The van der Waals surface area contributed by atoms with Gasteiger partial charge in [0.15, 0.2) is 6.10 Å². The number of carbonyl (C=O) groups excluding carboxylic acids is 3. The lowest BCUT2D eigenvalue weighted by molar-refractivity contribution is -0.167. The van der Waals surface area contributed by atoms with Gasteiger partial charge in [0, 0.05) is 19.3 Å². The molecule has 0 unspecified atom stereocenters. The lowest BCUT2D eigenvalue weighted by Gasteiger charge is -2.18. The van der Waals surface area contributed by atoms with Gasteiger partial charge in [0.05, 0.1) is 0 Å². The summed E-state index contributed by atoms with van der Waals surface area (Å²) in [5.74, 6) is -0.855.